The van der Waals surface area contributed by atoms with E-state index in [2.05, 4.69) is 181 Å². The van der Waals surface area contributed by atoms with Crippen molar-refractivity contribution >= 4 is 49.8 Å². The molecule has 256 valence electrons. The Balaban J connectivity index is 1.07. The lowest BCUT2D eigenvalue weighted by Crippen LogP contribution is -2.39. The molecule has 54 heavy (non-hydrogen) atoms. The first kappa shape index (κ1) is 30.1. The predicted octanol–water partition coefficient (Wildman–Crippen LogP) is 14.0. The summed E-state index contributed by atoms with van der Waals surface area (Å²) in [5.74, 6) is 0. The number of para-hydroxylation sites is 1. The Kier molecular flexibility index (Phi) is 6.17. The standard InChI is InChI=1S/C52H37NO/c1-2-15-36-34(13-1)14-11-23-46(36)53(47-24-12-26-49-50(47)41-19-6-10-25-48(41)54-49)35-27-28-40-39-18-5-9-22-44(39)52(45(40)33-35)31-29-51(30-32-52)42-20-7-3-16-37(42)38-17-4-8-21-43(38)51/h1-28,33H,29-32H2. The van der Waals surface area contributed by atoms with Crippen molar-refractivity contribution < 1.29 is 4.42 Å². The summed E-state index contributed by atoms with van der Waals surface area (Å²) in [5, 5.41) is 4.72. The molecule has 3 aliphatic carbocycles. The molecule has 2 spiro atoms. The molecule has 0 bridgehead atoms. The fourth-order valence-electron chi connectivity index (χ4n) is 10.9. The maximum Gasteiger partial charge on any atom is 0.137 e. The molecule has 0 aliphatic heterocycles. The van der Waals surface area contributed by atoms with Crippen molar-refractivity contribution in [1.29, 1.82) is 0 Å². The van der Waals surface area contributed by atoms with E-state index < -0.39 is 0 Å². The summed E-state index contributed by atoms with van der Waals surface area (Å²) in [6.45, 7) is 0. The zero-order valence-electron chi connectivity index (χ0n) is 29.9. The SMILES string of the molecule is c1ccc2c(c1)-c1ccccc1C21CCC2(CC1)c1ccccc1-c1ccc(N(c3cccc4ccccc34)c3cccc4oc5ccccc5c34)cc12. The van der Waals surface area contributed by atoms with Gasteiger partial charge in [-0.25, -0.2) is 0 Å². The van der Waals surface area contributed by atoms with E-state index in [0.717, 1.165) is 59.0 Å². The van der Waals surface area contributed by atoms with Gasteiger partial charge in [0.25, 0.3) is 0 Å². The number of fused-ring (bicyclic) bond motifs is 14. The maximum atomic E-state index is 6.48. The molecule has 12 rings (SSSR count). The molecule has 8 aromatic carbocycles. The van der Waals surface area contributed by atoms with Crippen molar-refractivity contribution in [2.24, 2.45) is 0 Å². The highest BCUT2D eigenvalue weighted by molar-refractivity contribution is 6.14. The first-order valence-electron chi connectivity index (χ1n) is 19.4. The fraction of sp³-hybridized carbons (Fsp3) is 0.115. The minimum atomic E-state index is -0.0710. The van der Waals surface area contributed by atoms with Gasteiger partial charge in [-0.1, -0.05) is 140 Å². The van der Waals surface area contributed by atoms with Gasteiger partial charge in [-0.05, 0) is 112 Å². The van der Waals surface area contributed by atoms with Crippen LogP contribution in [0.1, 0.15) is 47.9 Å². The Hall–Kier alpha value is -6.38. The van der Waals surface area contributed by atoms with Crippen LogP contribution in [0.3, 0.4) is 0 Å². The summed E-state index contributed by atoms with van der Waals surface area (Å²) in [6.07, 6.45) is 4.43. The Morgan fingerprint density at radius 2 is 0.889 bits per heavy atom. The molecule has 0 atom stereocenters. The van der Waals surface area contributed by atoms with Crippen LogP contribution in [0.4, 0.5) is 17.1 Å². The van der Waals surface area contributed by atoms with E-state index in [4.69, 9.17) is 4.42 Å². The number of rotatable bonds is 3. The van der Waals surface area contributed by atoms with Gasteiger partial charge in [0.2, 0.25) is 0 Å². The number of benzene rings is 8. The van der Waals surface area contributed by atoms with Crippen molar-refractivity contribution in [2.45, 2.75) is 36.5 Å². The molecule has 2 heteroatoms. The van der Waals surface area contributed by atoms with Crippen LogP contribution < -0.4 is 4.90 Å². The molecular weight excluding hydrogens is 655 g/mol. The topological polar surface area (TPSA) is 16.4 Å². The second-order valence-corrected chi connectivity index (χ2v) is 15.6. The number of furan rings is 1. The number of hydrogen-bond acceptors (Lipinski definition) is 2. The lowest BCUT2D eigenvalue weighted by molar-refractivity contribution is 0.265. The third-order valence-corrected chi connectivity index (χ3v) is 13.3. The summed E-state index contributed by atoms with van der Waals surface area (Å²) < 4.78 is 6.48. The third-order valence-electron chi connectivity index (χ3n) is 13.3. The smallest absolute Gasteiger partial charge is 0.137 e. The van der Waals surface area contributed by atoms with Gasteiger partial charge in [0.15, 0.2) is 0 Å². The molecule has 1 fully saturated rings. The summed E-state index contributed by atoms with van der Waals surface area (Å²) in [4.78, 5) is 2.50. The van der Waals surface area contributed by atoms with Gasteiger partial charge >= 0.3 is 0 Å². The van der Waals surface area contributed by atoms with E-state index in [1.165, 1.54) is 61.0 Å². The van der Waals surface area contributed by atoms with Crippen LogP contribution in [0.25, 0.3) is 55.0 Å². The molecule has 0 radical (unpaired) electrons. The Labute approximate surface area is 314 Å². The van der Waals surface area contributed by atoms with Gasteiger partial charge in [-0.15, -0.1) is 0 Å². The number of nitrogens with zero attached hydrogens (tertiary/aromatic N) is 1. The average Bonchev–Trinajstić information content (AvgIpc) is 3.84. The van der Waals surface area contributed by atoms with Crippen molar-refractivity contribution in [2.75, 3.05) is 4.90 Å². The first-order chi connectivity index (χ1) is 26.7. The van der Waals surface area contributed by atoms with Crippen LogP contribution in [-0.4, -0.2) is 0 Å². The van der Waals surface area contributed by atoms with Crippen LogP contribution in [0.2, 0.25) is 0 Å². The molecule has 0 saturated heterocycles. The number of hydrogen-bond donors (Lipinski definition) is 0. The molecule has 9 aromatic rings. The zero-order valence-corrected chi connectivity index (χ0v) is 29.9. The van der Waals surface area contributed by atoms with Gasteiger partial charge in [-0.2, -0.15) is 0 Å². The Bertz CT molecular complexity index is 2920. The molecule has 1 aromatic heterocycles. The fourth-order valence-corrected chi connectivity index (χ4v) is 10.9. The molecule has 0 amide bonds. The van der Waals surface area contributed by atoms with E-state index in [1.54, 1.807) is 0 Å². The zero-order chi connectivity index (χ0) is 35.4. The third kappa shape index (κ3) is 3.95. The Morgan fingerprint density at radius 1 is 0.389 bits per heavy atom. The molecule has 0 unspecified atom stereocenters. The Morgan fingerprint density at radius 3 is 1.59 bits per heavy atom. The van der Waals surface area contributed by atoms with Gasteiger partial charge < -0.3 is 9.32 Å². The molecule has 1 heterocycles. The van der Waals surface area contributed by atoms with Crippen LogP contribution in [0.5, 0.6) is 0 Å². The van der Waals surface area contributed by atoms with Crippen molar-refractivity contribution in [3.05, 3.63) is 198 Å². The largest absolute Gasteiger partial charge is 0.456 e. The van der Waals surface area contributed by atoms with Gasteiger partial charge in [-0.3, -0.25) is 0 Å². The van der Waals surface area contributed by atoms with E-state index in [1.807, 2.05) is 0 Å². The second kappa shape index (κ2) is 11.1. The van der Waals surface area contributed by atoms with E-state index in [0.29, 0.717) is 0 Å². The van der Waals surface area contributed by atoms with Gasteiger partial charge in [0.05, 0.1) is 16.8 Å². The minimum Gasteiger partial charge on any atom is -0.456 e. The highest BCUT2D eigenvalue weighted by atomic mass is 16.3. The molecule has 3 aliphatic rings. The van der Waals surface area contributed by atoms with Crippen molar-refractivity contribution in [3.63, 3.8) is 0 Å². The maximum absolute atomic E-state index is 6.48. The van der Waals surface area contributed by atoms with Gasteiger partial charge in [0.1, 0.15) is 11.2 Å². The second-order valence-electron chi connectivity index (χ2n) is 15.6. The van der Waals surface area contributed by atoms with Crippen molar-refractivity contribution in [1.82, 2.24) is 0 Å². The van der Waals surface area contributed by atoms with Gasteiger partial charge in [0, 0.05) is 27.3 Å². The van der Waals surface area contributed by atoms with Crippen LogP contribution in [0, 0.1) is 0 Å². The van der Waals surface area contributed by atoms with Crippen LogP contribution in [0.15, 0.2) is 180 Å². The summed E-state index contributed by atoms with van der Waals surface area (Å²) in [6, 6.07) is 65.4. The van der Waals surface area contributed by atoms with E-state index in [-0.39, 0.29) is 10.8 Å². The normalized spacial score (nSPS) is 15.8. The summed E-state index contributed by atoms with van der Waals surface area (Å²) >= 11 is 0. The molecule has 1 saturated carbocycles. The quantitative estimate of drug-likeness (QED) is 0.183. The lowest BCUT2D eigenvalue weighted by atomic mass is 9.57. The van der Waals surface area contributed by atoms with Crippen LogP contribution in [-0.2, 0) is 10.8 Å². The van der Waals surface area contributed by atoms with E-state index >= 15 is 0 Å². The summed E-state index contributed by atoms with van der Waals surface area (Å²) in [7, 11) is 0. The molecular formula is C52H37NO. The molecule has 0 N–H and O–H groups in total. The lowest BCUT2D eigenvalue weighted by Gasteiger charge is -2.45. The average molecular weight is 692 g/mol. The first-order valence-corrected chi connectivity index (χ1v) is 19.4. The minimum absolute atomic E-state index is 0.0424. The van der Waals surface area contributed by atoms with Crippen molar-refractivity contribution in [3.8, 4) is 22.3 Å². The molecule has 2 nitrogen and oxygen atoms in total. The summed E-state index contributed by atoms with van der Waals surface area (Å²) in [5.41, 5.74) is 16.8. The van der Waals surface area contributed by atoms with E-state index in [9.17, 15) is 0 Å². The predicted molar refractivity (Wildman–Crippen MR) is 223 cm³/mol. The highest BCUT2D eigenvalue weighted by Crippen LogP contribution is 2.64. The highest BCUT2D eigenvalue weighted by Gasteiger charge is 2.53. The monoisotopic (exact) mass is 691 g/mol. The number of anilines is 3. The van der Waals surface area contributed by atoms with Crippen LogP contribution >= 0.6 is 0 Å².